The van der Waals surface area contributed by atoms with Crippen LogP contribution >= 0.6 is 0 Å². The van der Waals surface area contributed by atoms with E-state index in [1.807, 2.05) is 0 Å². The second-order valence-corrected chi connectivity index (χ2v) is 4.39. The van der Waals surface area contributed by atoms with Crippen molar-refractivity contribution in [1.82, 2.24) is 0 Å². The number of carbonyl (C=O) groups excluding carboxylic acids is 1. The smallest absolute Gasteiger partial charge is 0.136 e. The van der Waals surface area contributed by atoms with Crippen LogP contribution in [0.25, 0.3) is 0 Å². The van der Waals surface area contributed by atoms with E-state index in [0.717, 1.165) is 6.42 Å². The molecule has 1 heteroatoms. The second kappa shape index (κ2) is 2.72. The zero-order valence-corrected chi connectivity index (χ0v) is 8.48. The van der Waals surface area contributed by atoms with E-state index >= 15 is 0 Å². The average Bonchev–Trinajstić information content (AvgIpc) is 2.17. The Balaban J connectivity index is 2.97. The second-order valence-electron chi connectivity index (χ2n) is 4.39. The van der Waals surface area contributed by atoms with Crippen molar-refractivity contribution in [2.24, 2.45) is 17.3 Å². The number of allylic oxidation sites excluding steroid dienone is 1. The Morgan fingerprint density at radius 1 is 1.58 bits per heavy atom. The Morgan fingerprint density at radius 3 is 2.25 bits per heavy atom. The van der Waals surface area contributed by atoms with Crippen LogP contribution in [0.15, 0.2) is 12.2 Å². The van der Waals surface area contributed by atoms with E-state index in [2.05, 4.69) is 27.4 Å². The van der Waals surface area contributed by atoms with Crippen molar-refractivity contribution < 1.29 is 4.79 Å². The third-order valence-corrected chi connectivity index (χ3v) is 3.80. The van der Waals surface area contributed by atoms with Crippen LogP contribution in [0.5, 0.6) is 0 Å². The van der Waals surface area contributed by atoms with Crippen LogP contribution < -0.4 is 0 Å². The number of rotatable bonds is 1. The van der Waals surface area contributed by atoms with Gasteiger partial charge in [-0.15, -0.1) is 0 Å². The molecule has 68 valence electrons. The van der Waals surface area contributed by atoms with Gasteiger partial charge in [-0.25, -0.2) is 0 Å². The molecule has 0 aliphatic heterocycles. The van der Waals surface area contributed by atoms with Gasteiger partial charge in [0.2, 0.25) is 0 Å². The minimum absolute atomic E-state index is 0.142. The van der Waals surface area contributed by atoms with Gasteiger partial charge in [-0.05, 0) is 25.2 Å². The molecule has 0 N–H and O–H groups in total. The van der Waals surface area contributed by atoms with E-state index in [-0.39, 0.29) is 5.41 Å². The lowest BCUT2D eigenvalue weighted by Gasteiger charge is -2.26. The molecule has 1 fully saturated rings. The molecule has 3 atom stereocenters. The molecule has 0 bridgehead atoms. The topological polar surface area (TPSA) is 17.1 Å². The summed E-state index contributed by atoms with van der Waals surface area (Å²) in [7, 11) is 0. The summed E-state index contributed by atoms with van der Waals surface area (Å²) in [6.45, 7) is 12.1. The van der Waals surface area contributed by atoms with E-state index in [9.17, 15) is 4.79 Å². The quantitative estimate of drug-likeness (QED) is 0.547. The molecule has 1 nitrogen and oxygen atoms in total. The predicted octanol–water partition coefficient (Wildman–Crippen LogP) is 2.81. The molecule has 12 heavy (non-hydrogen) atoms. The molecule has 0 aromatic rings. The van der Waals surface area contributed by atoms with Crippen molar-refractivity contribution in [2.75, 3.05) is 0 Å². The SMILES string of the molecule is C=C1CC(C)(C(C)=O)C(C)C1C. The third-order valence-electron chi connectivity index (χ3n) is 3.80. The molecule has 0 radical (unpaired) electrons. The lowest BCUT2D eigenvalue weighted by atomic mass is 9.76. The lowest BCUT2D eigenvalue weighted by molar-refractivity contribution is -0.127. The van der Waals surface area contributed by atoms with Gasteiger partial charge < -0.3 is 0 Å². The lowest BCUT2D eigenvalue weighted by Crippen LogP contribution is -2.29. The Morgan fingerprint density at radius 2 is 2.08 bits per heavy atom. The van der Waals surface area contributed by atoms with Crippen molar-refractivity contribution >= 4 is 5.78 Å². The van der Waals surface area contributed by atoms with Gasteiger partial charge in [0.05, 0.1) is 0 Å². The molecule has 0 aromatic carbocycles. The molecule has 1 rings (SSSR count). The van der Waals surface area contributed by atoms with Crippen LogP contribution in [-0.2, 0) is 4.79 Å². The standard InChI is InChI=1S/C11H18O/c1-7-6-11(5,10(4)12)9(3)8(7)2/h8-9H,1,6H2,2-5H3. The van der Waals surface area contributed by atoms with Gasteiger partial charge >= 0.3 is 0 Å². The maximum Gasteiger partial charge on any atom is 0.136 e. The molecular formula is C11H18O. The summed E-state index contributed by atoms with van der Waals surface area (Å²) in [6.07, 6.45) is 0.880. The fraction of sp³-hybridized carbons (Fsp3) is 0.727. The number of carbonyl (C=O) groups is 1. The first-order valence-electron chi connectivity index (χ1n) is 4.58. The third kappa shape index (κ3) is 1.12. The van der Waals surface area contributed by atoms with Crippen LogP contribution in [-0.4, -0.2) is 5.78 Å². The zero-order chi connectivity index (χ0) is 9.52. The van der Waals surface area contributed by atoms with Crippen LogP contribution in [0.2, 0.25) is 0 Å². The Bertz CT molecular complexity index is 227. The summed E-state index contributed by atoms with van der Waals surface area (Å²) in [4.78, 5) is 11.4. The molecule has 3 unspecified atom stereocenters. The van der Waals surface area contributed by atoms with Crippen LogP contribution in [0.3, 0.4) is 0 Å². The summed E-state index contributed by atoms with van der Waals surface area (Å²) in [5.74, 6) is 1.25. The molecular weight excluding hydrogens is 148 g/mol. The molecule has 1 aliphatic rings. The van der Waals surface area contributed by atoms with Gasteiger partial charge in [-0.3, -0.25) is 4.79 Å². The first-order chi connectivity index (χ1) is 5.39. The summed E-state index contributed by atoms with van der Waals surface area (Å²) in [6, 6.07) is 0. The summed E-state index contributed by atoms with van der Waals surface area (Å²) < 4.78 is 0. The number of hydrogen-bond donors (Lipinski definition) is 0. The van der Waals surface area contributed by atoms with Crippen LogP contribution in [0.4, 0.5) is 0 Å². The number of hydrogen-bond acceptors (Lipinski definition) is 1. The fourth-order valence-corrected chi connectivity index (χ4v) is 2.14. The average molecular weight is 166 g/mol. The monoisotopic (exact) mass is 166 g/mol. The van der Waals surface area contributed by atoms with Gasteiger partial charge in [0.15, 0.2) is 0 Å². The first kappa shape index (κ1) is 9.50. The van der Waals surface area contributed by atoms with E-state index in [1.165, 1.54) is 5.57 Å². The minimum Gasteiger partial charge on any atom is -0.299 e. The van der Waals surface area contributed by atoms with Crippen molar-refractivity contribution in [3.63, 3.8) is 0 Å². The Labute approximate surface area is 74.9 Å². The molecule has 0 heterocycles. The van der Waals surface area contributed by atoms with E-state index in [4.69, 9.17) is 0 Å². The van der Waals surface area contributed by atoms with Gasteiger partial charge in [0.25, 0.3) is 0 Å². The van der Waals surface area contributed by atoms with Crippen molar-refractivity contribution in [3.05, 3.63) is 12.2 Å². The van der Waals surface area contributed by atoms with Crippen LogP contribution in [0.1, 0.15) is 34.1 Å². The van der Waals surface area contributed by atoms with E-state index in [0.29, 0.717) is 17.6 Å². The summed E-state index contributed by atoms with van der Waals surface area (Å²) in [5, 5.41) is 0. The first-order valence-corrected chi connectivity index (χ1v) is 4.58. The Hall–Kier alpha value is -0.590. The highest BCUT2D eigenvalue weighted by Crippen LogP contribution is 2.49. The highest BCUT2D eigenvalue weighted by atomic mass is 16.1. The summed E-state index contributed by atoms with van der Waals surface area (Å²) in [5.41, 5.74) is 1.09. The molecule has 1 aliphatic carbocycles. The van der Waals surface area contributed by atoms with Crippen molar-refractivity contribution in [3.8, 4) is 0 Å². The van der Waals surface area contributed by atoms with E-state index < -0.39 is 0 Å². The van der Waals surface area contributed by atoms with E-state index in [1.54, 1.807) is 6.92 Å². The maximum atomic E-state index is 11.4. The molecule has 0 aromatic heterocycles. The zero-order valence-electron chi connectivity index (χ0n) is 8.48. The van der Waals surface area contributed by atoms with Crippen molar-refractivity contribution in [2.45, 2.75) is 34.1 Å². The van der Waals surface area contributed by atoms with Gasteiger partial charge in [-0.2, -0.15) is 0 Å². The molecule has 1 saturated carbocycles. The highest BCUT2D eigenvalue weighted by molar-refractivity contribution is 5.83. The minimum atomic E-state index is -0.142. The maximum absolute atomic E-state index is 11.4. The number of ketones is 1. The fourth-order valence-electron chi connectivity index (χ4n) is 2.14. The van der Waals surface area contributed by atoms with Crippen LogP contribution in [0, 0.1) is 17.3 Å². The molecule has 0 amide bonds. The number of Topliss-reactive ketones (excluding diaryl/α,β-unsaturated/α-hetero) is 1. The van der Waals surface area contributed by atoms with Gasteiger partial charge in [0.1, 0.15) is 5.78 Å². The highest BCUT2D eigenvalue weighted by Gasteiger charge is 2.45. The van der Waals surface area contributed by atoms with Crippen molar-refractivity contribution in [1.29, 1.82) is 0 Å². The normalized spacial score (nSPS) is 41.8. The van der Waals surface area contributed by atoms with Gasteiger partial charge in [-0.1, -0.05) is 32.9 Å². The largest absolute Gasteiger partial charge is 0.299 e. The Kier molecular flexibility index (Phi) is 2.15. The molecule has 0 spiro atoms. The molecule has 0 saturated heterocycles. The summed E-state index contributed by atoms with van der Waals surface area (Å²) >= 11 is 0. The van der Waals surface area contributed by atoms with Gasteiger partial charge in [0, 0.05) is 5.41 Å². The predicted molar refractivity (Wildman–Crippen MR) is 50.9 cm³/mol.